The quantitative estimate of drug-likeness (QED) is 0.375. The van der Waals surface area contributed by atoms with Gasteiger partial charge in [0, 0.05) is 12.5 Å². The molecule has 0 bridgehead atoms. The molecular weight excluding hydrogens is 386 g/mol. The number of hydrogen-bond acceptors (Lipinski definition) is 9. The van der Waals surface area contributed by atoms with Crippen LogP contribution >= 0.6 is 23.1 Å². The van der Waals surface area contributed by atoms with Crippen LogP contribution in [-0.2, 0) is 18.4 Å². The minimum Gasteiger partial charge on any atom is -0.349 e. The van der Waals surface area contributed by atoms with Gasteiger partial charge < -0.3 is 5.32 Å². The fraction of sp³-hybridized carbons (Fsp3) is 0.438. The van der Waals surface area contributed by atoms with Crippen LogP contribution < -0.4 is 5.32 Å². The van der Waals surface area contributed by atoms with Gasteiger partial charge in [-0.2, -0.15) is 5.10 Å². The van der Waals surface area contributed by atoms with Gasteiger partial charge in [-0.15, -0.1) is 10.2 Å². The van der Waals surface area contributed by atoms with Crippen LogP contribution in [0.15, 0.2) is 17.6 Å². The summed E-state index contributed by atoms with van der Waals surface area (Å²) >= 11 is 2.50. The number of nitrogens with one attached hydrogen (secondary N) is 1. The summed E-state index contributed by atoms with van der Waals surface area (Å²) in [5.41, 5.74) is 0.238. The summed E-state index contributed by atoms with van der Waals surface area (Å²) in [6.45, 7) is 5.76. The number of ketones is 1. The molecule has 0 radical (unpaired) electrons. The molecule has 142 valence electrons. The molecule has 0 spiro atoms. The molecule has 0 atom stereocenters. The highest BCUT2D eigenvalue weighted by molar-refractivity contribution is 8.00. The SMILES string of the molecule is Cn1ncc2c(SCC(=O)c3nnc(CNC(=O)C(C)(C)C)s3)ncnc21. The maximum atomic E-state index is 12.4. The number of Topliss-reactive ketones (excluding diaryl/α,β-unsaturated/α-hetero) is 1. The predicted molar refractivity (Wildman–Crippen MR) is 103 cm³/mol. The third-order valence-electron chi connectivity index (χ3n) is 3.62. The molecule has 3 heterocycles. The molecule has 1 N–H and O–H groups in total. The van der Waals surface area contributed by atoms with Gasteiger partial charge in [-0.25, -0.2) is 9.97 Å². The van der Waals surface area contributed by atoms with Crippen molar-refractivity contribution in [3.63, 3.8) is 0 Å². The molecule has 1 amide bonds. The molecule has 3 aromatic rings. The first-order valence-corrected chi connectivity index (χ1v) is 9.95. The highest BCUT2D eigenvalue weighted by Crippen LogP contribution is 2.25. The first-order chi connectivity index (χ1) is 12.8. The van der Waals surface area contributed by atoms with E-state index in [1.807, 2.05) is 20.8 Å². The van der Waals surface area contributed by atoms with Crippen LogP contribution in [0.2, 0.25) is 0 Å². The standard InChI is InChI=1S/C16H19N7O2S2/c1-16(2,3)15(25)17-6-11-21-22-14(27-11)10(24)7-26-13-9-5-20-23(4)12(9)18-8-19-13/h5,8H,6-7H2,1-4H3,(H,17,25). The van der Waals surface area contributed by atoms with E-state index in [2.05, 4.69) is 30.6 Å². The van der Waals surface area contributed by atoms with Crippen LogP contribution in [0.5, 0.6) is 0 Å². The number of fused-ring (bicyclic) bond motifs is 1. The summed E-state index contributed by atoms with van der Waals surface area (Å²) in [4.78, 5) is 32.7. The molecule has 0 aliphatic heterocycles. The maximum absolute atomic E-state index is 12.4. The van der Waals surface area contributed by atoms with Gasteiger partial charge in [0.1, 0.15) is 16.4 Å². The fourth-order valence-corrected chi connectivity index (χ4v) is 3.74. The lowest BCUT2D eigenvalue weighted by atomic mass is 9.96. The van der Waals surface area contributed by atoms with E-state index in [1.54, 1.807) is 17.9 Å². The van der Waals surface area contributed by atoms with Crippen LogP contribution in [0, 0.1) is 5.41 Å². The molecule has 27 heavy (non-hydrogen) atoms. The Labute approximate surface area is 164 Å². The minimum atomic E-state index is -0.477. The second kappa shape index (κ2) is 7.69. The zero-order valence-electron chi connectivity index (χ0n) is 15.4. The van der Waals surface area contributed by atoms with Crippen molar-refractivity contribution in [1.82, 2.24) is 35.3 Å². The number of aromatic nitrogens is 6. The minimum absolute atomic E-state index is 0.0784. The van der Waals surface area contributed by atoms with Gasteiger partial charge in [-0.3, -0.25) is 14.3 Å². The van der Waals surface area contributed by atoms with Crippen molar-refractivity contribution in [2.45, 2.75) is 32.3 Å². The van der Waals surface area contributed by atoms with Crippen LogP contribution in [-0.4, -0.2) is 47.4 Å². The topological polar surface area (TPSA) is 116 Å². The van der Waals surface area contributed by atoms with E-state index in [0.29, 0.717) is 20.7 Å². The lowest BCUT2D eigenvalue weighted by Crippen LogP contribution is -2.34. The lowest BCUT2D eigenvalue weighted by Gasteiger charge is -2.16. The molecule has 0 unspecified atom stereocenters. The molecule has 3 aromatic heterocycles. The number of hydrogen-bond donors (Lipinski definition) is 1. The van der Waals surface area contributed by atoms with Crippen molar-refractivity contribution < 1.29 is 9.59 Å². The average Bonchev–Trinajstić information content (AvgIpc) is 3.24. The van der Waals surface area contributed by atoms with Gasteiger partial charge in [-0.1, -0.05) is 43.9 Å². The van der Waals surface area contributed by atoms with Crippen molar-refractivity contribution in [3.8, 4) is 0 Å². The number of thioether (sulfide) groups is 1. The van der Waals surface area contributed by atoms with Gasteiger partial charge in [0.15, 0.2) is 10.7 Å². The summed E-state index contributed by atoms with van der Waals surface area (Å²) in [6, 6.07) is 0. The maximum Gasteiger partial charge on any atom is 0.225 e. The van der Waals surface area contributed by atoms with Gasteiger partial charge >= 0.3 is 0 Å². The zero-order valence-corrected chi connectivity index (χ0v) is 17.0. The van der Waals surface area contributed by atoms with Crippen molar-refractivity contribution >= 4 is 45.8 Å². The summed E-state index contributed by atoms with van der Waals surface area (Å²) in [6.07, 6.45) is 3.14. The number of nitrogens with zero attached hydrogens (tertiary/aromatic N) is 6. The van der Waals surface area contributed by atoms with E-state index >= 15 is 0 Å². The Balaban J connectivity index is 1.60. The molecule has 0 saturated carbocycles. The van der Waals surface area contributed by atoms with E-state index in [9.17, 15) is 9.59 Å². The Kier molecular flexibility index (Phi) is 5.51. The fourth-order valence-electron chi connectivity index (χ4n) is 2.11. The van der Waals surface area contributed by atoms with Crippen molar-refractivity contribution in [2.24, 2.45) is 12.5 Å². The Bertz CT molecular complexity index is 990. The molecule has 0 saturated heterocycles. The highest BCUT2D eigenvalue weighted by atomic mass is 32.2. The third kappa shape index (κ3) is 4.48. The summed E-state index contributed by atoms with van der Waals surface area (Å²) in [5.74, 6) is -0.0313. The van der Waals surface area contributed by atoms with E-state index < -0.39 is 5.41 Å². The normalized spacial score (nSPS) is 11.7. The predicted octanol–water partition coefficient (Wildman–Crippen LogP) is 1.85. The van der Waals surface area contributed by atoms with Crippen molar-refractivity contribution in [3.05, 3.63) is 22.5 Å². The van der Waals surface area contributed by atoms with Crippen molar-refractivity contribution in [1.29, 1.82) is 0 Å². The first-order valence-electron chi connectivity index (χ1n) is 8.15. The molecule has 0 aliphatic rings. The van der Waals surface area contributed by atoms with Crippen LogP contribution in [0.4, 0.5) is 0 Å². The number of carbonyl (C=O) groups is 2. The number of aryl methyl sites for hydroxylation is 1. The van der Waals surface area contributed by atoms with Crippen LogP contribution in [0.25, 0.3) is 11.0 Å². The van der Waals surface area contributed by atoms with Crippen LogP contribution in [0.3, 0.4) is 0 Å². The Morgan fingerprint density at radius 3 is 2.78 bits per heavy atom. The van der Waals surface area contributed by atoms with E-state index in [1.165, 1.54) is 29.4 Å². The molecule has 0 aromatic carbocycles. The van der Waals surface area contributed by atoms with Gasteiger partial charge in [-0.05, 0) is 0 Å². The summed E-state index contributed by atoms with van der Waals surface area (Å²) in [7, 11) is 1.80. The summed E-state index contributed by atoms with van der Waals surface area (Å²) < 4.78 is 1.66. The zero-order chi connectivity index (χ0) is 19.6. The smallest absolute Gasteiger partial charge is 0.225 e. The Hall–Kier alpha value is -2.40. The number of rotatable bonds is 6. The van der Waals surface area contributed by atoms with Crippen molar-refractivity contribution in [2.75, 3.05) is 5.75 Å². The lowest BCUT2D eigenvalue weighted by molar-refractivity contribution is -0.128. The van der Waals surface area contributed by atoms with E-state index in [4.69, 9.17) is 0 Å². The molecule has 0 aliphatic carbocycles. The Morgan fingerprint density at radius 1 is 1.26 bits per heavy atom. The molecule has 0 fully saturated rings. The largest absolute Gasteiger partial charge is 0.349 e. The Morgan fingerprint density at radius 2 is 2.04 bits per heavy atom. The number of carbonyl (C=O) groups excluding carboxylic acids is 2. The highest BCUT2D eigenvalue weighted by Gasteiger charge is 2.21. The monoisotopic (exact) mass is 405 g/mol. The van der Waals surface area contributed by atoms with Crippen LogP contribution in [0.1, 0.15) is 35.6 Å². The first kappa shape index (κ1) is 19.4. The summed E-state index contributed by atoms with van der Waals surface area (Å²) in [5, 5.41) is 17.3. The molecular formula is C16H19N7O2S2. The molecule has 3 rings (SSSR count). The second-order valence-electron chi connectivity index (χ2n) is 6.83. The number of amides is 1. The molecule has 9 nitrogen and oxygen atoms in total. The van der Waals surface area contributed by atoms with Gasteiger partial charge in [0.2, 0.25) is 11.7 Å². The third-order valence-corrected chi connectivity index (χ3v) is 5.59. The van der Waals surface area contributed by atoms with E-state index in [0.717, 1.165) is 5.39 Å². The second-order valence-corrected chi connectivity index (χ2v) is 8.86. The van der Waals surface area contributed by atoms with Gasteiger partial charge in [0.25, 0.3) is 0 Å². The van der Waals surface area contributed by atoms with Gasteiger partial charge in [0.05, 0.1) is 23.9 Å². The average molecular weight is 406 g/mol. The van der Waals surface area contributed by atoms with E-state index in [-0.39, 0.29) is 24.0 Å². The molecule has 11 heteroatoms.